The first-order valence-electron chi connectivity index (χ1n) is 43.4. The number of alkyl carbamates (subject to hydrolysis) is 7. The molecule has 1 heterocycles. The van der Waals surface area contributed by atoms with E-state index in [9.17, 15) is 93.1 Å². The van der Waals surface area contributed by atoms with E-state index in [4.69, 9.17) is 129 Å². The molecule has 3 rings (SSSR count). The summed E-state index contributed by atoms with van der Waals surface area (Å²) in [5.41, 5.74) is 2.30. The van der Waals surface area contributed by atoms with Gasteiger partial charge in [0.05, 0.1) is 101 Å². The molecule has 0 spiro atoms. The molecule has 826 valence electrons. The first-order chi connectivity index (χ1) is 63.7. The Kier molecular flexibility index (Phi) is 99.1. The maximum Gasteiger partial charge on any atom is 1.00 e. The molecule has 7 amide bonds. The number of ether oxygens (including phenoxy) is 10. The molecule has 0 radical (unpaired) electrons. The maximum absolute atomic E-state index is 12.1. The number of hydrogen-bond donors (Lipinski definition) is 11. The molecule has 1 saturated heterocycles. The third kappa shape index (κ3) is 113. The summed E-state index contributed by atoms with van der Waals surface area (Å²) in [6, 6.07) is 7.00. The fourth-order valence-corrected chi connectivity index (χ4v) is 9.21. The van der Waals surface area contributed by atoms with Crippen LogP contribution < -0.4 is 197 Å². The Morgan fingerprint density at radius 3 is 1.00 bits per heavy atom. The van der Waals surface area contributed by atoms with Crippen LogP contribution in [-0.4, -0.2) is 279 Å². The number of hydrogen-bond acceptors (Lipinski definition) is 33. The Morgan fingerprint density at radius 2 is 0.767 bits per heavy atom. The zero-order valence-corrected chi connectivity index (χ0v) is 106. The van der Waals surface area contributed by atoms with Gasteiger partial charge in [0.15, 0.2) is 5.78 Å². The van der Waals surface area contributed by atoms with E-state index < -0.39 is 180 Å². The predicted octanol–water partition coefficient (Wildman–Crippen LogP) is 6.46. The number of halogens is 5. The van der Waals surface area contributed by atoms with Gasteiger partial charge in [0.2, 0.25) is 0 Å². The number of esters is 2. The van der Waals surface area contributed by atoms with Gasteiger partial charge in [0.25, 0.3) is 23.1 Å². The molecule has 12 N–H and O–H groups in total. The zero-order chi connectivity index (χ0) is 113. The van der Waals surface area contributed by atoms with Gasteiger partial charge >= 0.3 is 215 Å². The number of nitro groups is 2. The van der Waals surface area contributed by atoms with Crippen molar-refractivity contribution in [1.29, 1.82) is 0 Å². The fraction of sp³-hybridized carbons (Fsp3) is 0.667. The number of Topliss-reactive ketones (excluding diaryl/α,β-unsaturated/α-hetero) is 1. The number of carbonyl (C=O) groups excluding carboxylic acids is 12. The minimum atomic E-state index is -1.41. The number of terminal acetylenes is 2. The standard InChI is InChI=1S/C16H21ClN2O6.C14H27NO3Si.C11H19NO3.C9H18ClNO3.C9H16ClNO3.C9H17NO4.C9H17NO3.C7H4ClNO3.C5H10Si.C2H3ClO2.CH2O3.CH4.3K.H2O.H/c1-10(18-15(21)25-16(2,3)4)13(9-17)24-14(20)11-5-7-12(8-6-11)19(22)23;1-11(15-13(17)18-14(2,3)4)12(16)9-8-10-19(5,6)7;1-6-7-9(13)8(2)12-10(14)15-11(3,4)5;2*1-6(7(12)5-10)11-8(13)14-9(2,3)4;1-6(7(11)13-5)10-8(12)14-9(2,3)4;1-6(7-5-12-7)10-8(11)13-9(2,3)4;8-7(10)5-1-3-6(4-2-5)9(11)12;1-5-6(2,3)4;3-1-2(4)5;2-1-4-3;;;;;;/h5-8,10,13H,9H2,1-4H3,(H,18,21);11-12,16H,9H2,1-7H3,(H,15,17);1,8-9,13H,7H2,2-5H3,(H,12,14);6-7,12H,5H2,1-4H3,(H,11,13);6H,5H2,1-4H3,(H,11,13);6H,1-5H3,(H,10,12);6-7H,5H2,1-4H3,(H,10,11);1-4H;1H,2-4H3;1H2,(H,4,5);1,3H;1H4;;;;1H2;/q;;;;;;;;;;;;3*+1;;-1/p-2/t10-,13-;11-,12-;8-,9-;6-,7-;2*6-;6-,7-;;;;;;;;;;/m0000000........../s1. The normalized spacial score (nSPS) is 13.5. The molecule has 0 saturated carbocycles. The van der Waals surface area contributed by atoms with Crippen molar-refractivity contribution >= 4 is 164 Å². The summed E-state index contributed by atoms with van der Waals surface area (Å²) >= 11 is 26.4. The van der Waals surface area contributed by atoms with E-state index >= 15 is 0 Å². The summed E-state index contributed by atoms with van der Waals surface area (Å²) in [6.45, 7) is 62.3. The quantitative estimate of drug-likeness (QED) is 0.00411. The first-order valence-corrected chi connectivity index (χ1v) is 53.0. The molecule has 0 unspecified atom stereocenters. The Hall–Kier alpha value is -5.42. The van der Waals surface area contributed by atoms with Crippen molar-refractivity contribution in [2.45, 2.75) is 365 Å². The minimum Gasteiger partial charge on any atom is -1.00 e. The SMILES string of the molecule is C.C#CC[C@H](O)[C@H](C)NC(=O)OC(C)(C)C.C#C[Si](C)(C)C.COC(=O)[C@H](C)NC(=O)OC(C)(C)C.C[C@H](NC(=O)OC(C)(C)C)C(=O)CCl.C[C@H](NC(=O)OC(C)(C)C)[C@@H](O)CC#C[Si](C)(C)C.C[C@H](NC(=O)OC(C)(C)C)[C@@H](O)CCl.C[C@H](NC(=O)OC(C)(C)C)[C@@H]1CO1.C[C@H](NC(=O)OC(C)(C)C)[C@H](CCl)OC(=O)c1ccc([N+](=O)[O-])cc1.O=C(Cl)c1ccc([N+](=O)[O-])cc1.O=C(O)CCl.O=CO[O-].[H-].[K+].[K+].[K+].[OH-]. The van der Waals surface area contributed by atoms with Crippen LogP contribution in [0.4, 0.5) is 44.9 Å². The van der Waals surface area contributed by atoms with Gasteiger partial charge in [0.1, 0.15) is 79.5 Å². The number of aliphatic hydroxyl groups is 3. The zero-order valence-electron chi connectivity index (χ0n) is 92.1. The van der Waals surface area contributed by atoms with Crippen LogP contribution in [0.3, 0.4) is 0 Å². The van der Waals surface area contributed by atoms with E-state index in [0.717, 1.165) is 6.61 Å². The van der Waals surface area contributed by atoms with Crippen LogP contribution in [0.25, 0.3) is 0 Å². The smallest absolute Gasteiger partial charge is 1.00 e. The van der Waals surface area contributed by atoms with Crippen molar-refractivity contribution in [2.24, 2.45) is 0 Å². The van der Waals surface area contributed by atoms with E-state index in [-0.39, 0.29) is 257 Å². The number of nitrogens with zero attached hydrogens (tertiary/aromatic N) is 2. The molecule has 0 bridgehead atoms. The molecule has 43 nitrogen and oxygen atoms in total. The number of benzene rings is 2. The maximum atomic E-state index is 12.1. The average molecular weight is 2300 g/mol. The molecular formula is C93H159Cl5K3N9O34Si2. The van der Waals surface area contributed by atoms with Gasteiger partial charge in [-0.1, -0.05) is 46.7 Å². The van der Waals surface area contributed by atoms with Gasteiger partial charge in [-0.05, 0) is 230 Å². The van der Waals surface area contributed by atoms with Gasteiger partial charge in [-0.3, -0.25) is 39.4 Å². The van der Waals surface area contributed by atoms with Gasteiger partial charge in [-0.2, -0.15) is 0 Å². The number of carboxylic acids is 1. The van der Waals surface area contributed by atoms with Gasteiger partial charge in [-0.25, -0.2) is 43.2 Å². The van der Waals surface area contributed by atoms with E-state index in [1.54, 1.807) is 159 Å². The largest absolute Gasteiger partial charge is 1.00 e. The Balaban J connectivity index is -0.000000113. The van der Waals surface area contributed by atoms with Crippen LogP contribution >= 0.6 is 58.0 Å². The third-order valence-electron chi connectivity index (χ3n) is 14.4. The number of ketones is 1. The molecule has 1 fully saturated rings. The summed E-state index contributed by atoms with van der Waals surface area (Å²) < 4.78 is 50.0. The van der Waals surface area contributed by atoms with Crippen molar-refractivity contribution in [2.75, 3.05) is 37.2 Å². The van der Waals surface area contributed by atoms with Crippen LogP contribution in [0.5, 0.6) is 0 Å². The van der Waals surface area contributed by atoms with Crippen LogP contribution in [-0.2, 0) is 71.4 Å². The Bertz CT molecular complexity index is 4200. The number of carboxylic acid groups (broad SMARTS) is 1. The second-order valence-corrected chi connectivity index (χ2v) is 50.1. The number of epoxide rings is 1. The van der Waals surface area contributed by atoms with Crippen molar-refractivity contribution in [3.05, 3.63) is 79.9 Å². The first kappa shape index (κ1) is 168. The fourth-order valence-electron chi connectivity index (χ4n) is 7.62. The third-order valence-corrected chi connectivity index (χ3v) is 17.6. The summed E-state index contributed by atoms with van der Waals surface area (Å²) in [4.78, 5) is 164. The average Bonchev–Trinajstić information content (AvgIpc) is 1.72. The van der Waals surface area contributed by atoms with E-state index in [0.29, 0.717) is 6.42 Å². The van der Waals surface area contributed by atoms with Crippen LogP contribution in [0.1, 0.15) is 236 Å². The molecule has 12 atom stereocenters. The van der Waals surface area contributed by atoms with Crippen LogP contribution in [0.2, 0.25) is 39.3 Å². The van der Waals surface area contributed by atoms with Gasteiger partial charge in [-0.15, -0.1) is 82.2 Å². The van der Waals surface area contributed by atoms with E-state index in [1.165, 1.54) is 62.6 Å². The monoisotopic (exact) mass is 2290 g/mol. The summed E-state index contributed by atoms with van der Waals surface area (Å²) in [5.74, 6) is 2.52. The van der Waals surface area contributed by atoms with E-state index in [1.807, 2.05) is 27.7 Å². The second kappa shape index (κ2) is 86.0. The summed E-state index contributed by atoms with van der Waals surface area (Å²) in [5, 5.41) is 82.4. The van der Waals surface area contributed by atoms with Crippen LogP contribution in [0, 0.1) is 56.0 Å². The number of aliphatic carboxylic acids is 1. The number of nitro benzene ring substituents is 2. The molecule has 1 aliphatic heterocycles. The topological polar surface area (TPSA) is 631 Å². The van der Waals surface area contributed by atoms with E-state index in [2.05, 4.69) is 109 Å². The number of non-ortho nitro benzene ring substituents is 2. The molecule has 53 heteroatoms. The summed E-state index contributed by atoms with van der Waals surface area (Å²) in [7, 11) is -1.25. The number of methoxy groups -OCH3 is 1. The Morgan fingerprint density at radius 1 is 0.493 bits per heavy atom. The van der Waals surface area contributed by atoms with Crippen molar-refractivity contribution in [1.82, 2.24) is 37.2 Å². The number of carbonyl (C=O) groups is 13. The molecular weight excluding hydrogens is 2140 g/mol. The van der Waals surface area contributed by atoms with Crippen molar-refractivity contribution < 1.29 is 311 Å². The molecule has 146 heavy (non-hydrogen) atoms. The second-order valence-electron chi connectivity index (χ2n) is 39.0. The number of nitrogens with one attached hydrogen (secondary N) is 7. The Labute approximate surface area is 1020 Å². The van der Waals surface area contributed by atoms with Crippen molar-refractivity contribution in [3.8, 4) is 35.8 Å². The number of rotatable bonds is 26. The number of aliphatic hydroxyl groups excluding tert-OH is 3. The summed E-state index contributed by atoms with van der Waals surface area (Å²) in [6.07, 6.45) is 4.04. The predicted molar refractivity (Wildman–Crippen MR) is 551 cm³/mol. The van der Waals surface area contributed by atoms with Crippen molar-refractivity contribution in [3.63, 3.8) is 0 Å². The molecule has 0 aliphatic carbocycles. The molecule has 2 aromatic carbocycles. The minimum absolute atomic E-state index is 0. The van der Waals surface area contributed by atoms with Gasteiger partial charge < -0.3 is 122 Å². The molecule has 1 aliphatic rings. The van der Waals surface area contributed by atoms with Gasteiger partial charge in [0, 0.05) is 42.7 Å². The number of amides is 7. The molecule has 0 aromatic heterocycles. The number of alkyl halides is 4. The molecule has 2 aromatic rings. The van der Waals surface area contributed by atoms with Crippen LogP contribution in [0.15, 0.2) is 48.5 Å².